The zero-order valence-corrected chi connectivity index (χ0v) is 10.4. The molecular formula is C11H11F3N2O4. The smallest absolute Gasteiger partial charge is 0.471 e. The summed E-state index contributed by atoms with van der Waals surface area (Å²) in [4.78, 5) is 20.7. The Hall–Kier alpha value is -2.32. The number of rotatable bonds is 5. The lowest BCUT2D eigenvalue weighted by Gasteiger charge is -2.10. The van der Waals surface area contributed by atoms with Crippen molar-refractivity contribution in [1.29, 1.82) is 0 Å². The van der Waals surface area contributed by atoms with E-state index in [2.05, 4.69) is 0 Å². The van der Waals surface area contributed by atoms with Crippen molar-refractivity contribution in [2.24, 2.45) is 0 Å². The number of benzene rings is 1. The van der Waals surface area contributed by atoms with Gasteiger partial charge in [0.05, 0.1) is 17.6 Å². The molecule has 1 N–H and O–H groups in total. The van der Waals surface area contributed by atoms with Crippen molar-refractivity contribution < 1.29 is 27.6 Å². The number of alkyl halides is 3. The molecule has 0 radical (unpaired) electrons. The molecule has 1 aromatic carbocycles. The highest BCUT2D eigenvalue weighted by Crippen LogP contribution is 2.30. The summed E-state index contributed by atoms with van der Waals surface area (Å²) in [6.45, 7) is 2.14. The first-order valence-corrected chi connectivity index (χ1v) is 5.55. The van der Waals surface area contributed by atoms with Crippen LogP contribution in [0.5, 0.6) is 5.75 Å². The van der Waals surface area contributed by atoms with E-state index >= 15 is 0 Å². The molecule has 110 valence electrons. The van der Waals surface area contributed by atoms with Crippen LogP contribution in [-0.2, 0) is 4.79 Å². The second-order valence-corrected chi connectivity index (χ2v) is 3.74. The largest absolute Gasteiger partial charge is 0.493 e. The maximum Gasteiger partial charge on any atom is 0.471 e. The molecule has 9 heteroatoms. The number of nitro groups is 1. The summed E-state index contributed by atoms with van der Waals surface area (Å²) in [6.07, 6.45) is -4.45. The summed E-state index contributed by atoms with van der Waals surface area (Å²) < 4.78 is 41.5. The normalized spacial score (nSPS) is 11.0. The third-order valence-corrected chi connectivity index (χ3v) is 2.14. The number of nitro benzene ring substituents is 1. The van der Waals surface area contributed by atoms with Gasteiger partial charge in [0.2, 0.25) is 0 Å². The highest BCUT2D eigenvalue weighted by Gasteiger charge is 2.39. The first-order chi connectivity index (χ1) is 9.25. The first kappa shape index (κ1) is 15.7. The average molecular weight is 292 g/mol. The van der Waals surface area contributed by atoms with Crippen molar-refractivity contribution in [2.75, 3.05) is 11.9 Å². The molecule has 0 aliphatic heterocycles. The van der Waals surface area contributed by atoms with Gasteiger partial charge in [-0.05, 0) is 18.6 Å². The summed E-state index contributed by atoms with van der Waals surface area (Å²) in [7, 11) is 0. The molecule has 0 atom stereocenters. The van der Waals surface area contributed by atoms with Gasteiger partial charge in [0.15, 0.2) is 0 Å². The number of anilines is 1. The fourth-order valence-corrected chi connectivity index (χ4v) is 1.27. The van der Waals surface area contributed by atoms with E-state index in [1.54, 1.807) is 0 Å². The molecule has 0 fully saturated rings. The van der Waals surface area contributed by atoms with Crippen LogP contribution in [0.2, 0.25) is 0 Å². The Morgan fingerprint density at radius 1 is 1.45 bits per heavy atom. The summed E-state index contributed by atoms with van der Waals surface area (Å²) in [5.41, 5.74) is -1.21. The van der Waals surface area contributed by atoms with Crippen LogP contribution in [0.15, 0.2) is 18.2 Å². The van der Waals surface area contributed by atoms with Crippen molar-refractivity contribution in [3.05, 3.63) is 28.3 Å². The van der Waals surface area contributed by atoms with E-state index in [9.17, 15) is 28.1 Å². The Morgan fingerprint density at radius 3 is 2.60 bits per heavy atom. The van der Waals surface area contributed by atoms with E-state index in [-0.39, 0.29) is 5.75 Å². The number of halogens is 3. The van der Waals surface area contributed by atoms with Gasteiger partial charge in [-0.1, -0.05) is 6.92 Å². The second-order valence-electron chi connectivity index (χ2n) is 3.74. The highest BCUT2D eigenvalue weighted by atomic mass is 19.4. The van der Waals surface area contributed by atoms with Crippen molar-refractivity contribution in [3.8, 4) is 5.75 Å². The van der Waals surface area contributed by atoms with Crippen molar-refractivity contribution >= 4 is 17.3 Å². The molecule has 0 aliphatic rings. The van der Waals surface area contributed by atoms with Gasteiger partial charge >= 0.3 is 12.1 Å². The number of carbonyl (C=O) groups excluding carboxylic acids is 1. The number of ether oxygens (including phenoxy) is 1. The topological polar surface area (TPSA) is 81.5 Å². The molecule has 1 amide bonds. The average Bonchev–Trinajstić information content (AvgIpc) is 2.36. The van der Waals surface area contributed by atoms with Crippen LogP contribution in [0.3, 0.4) is 0 Å². The van der Waals surface area contributed by atoms with Crippen molar-refractivity contribution in [2.45, 2.75) is 19.5 Å². The lowest BCUT2D eigenvalue weighted by Crippen LogP contribution is -2.30. The van der Waals surface area contributed by atoms with Crippen molar-refractivity contribution in [3.63, 3.8) is 0 Å². The van der Waals surface area contributed by atoms with Crippen LogP contribution in [0.4, 0.5) is 24.5 Å². The second kappa shape index (κ2) is 6.22. The summed E-state index contributed by atoms with van der Waals surface area (Å²) in [6, 6.07) is 3.20. The number of nitrogens with one attached hydrogen (secondary N) is 1. The minimum absolute atomic E-state index is 0.142. The number of hydrogen-bond donors (Lipinski definition) is 1. The standard InChI is InChI=1S/C11H11F3N2O4/c1-2-5-20-7-3-4-8(9(6-7)16(18)19)15-10(17)11(12,13)14/h3-4,6H,2,5H2,1H3,(H,15,17). The monoisotopic (exact) mass is 292 g/mol. The SMILES string of the molecule is CCCOc1ccc(NC(=O)C(F)(F)F)c([N+](=O)[O-])c1. The molecule has 0 aromatic heterocycles. The predicted octanol–water partition coefficient (Wildman–Crippen LogP) is 2.88. The Bertz CT molecular complexity index is 517. The molecule has 0 saturated carbocycles. The summed E-state index contributed by atoms with van der Waals surface area (Å²) in [5, 5.41) is 12.3. The number of carbonyl (C=O) groups is 1. The minimum atomic E-state index is -5.12. The maximum absolute atomic E-state index is 12.1. The molecule has 0 spiro atoms. The summed E-state index contributed by atoms with van der Waals surface area (Å²) in [5.74, 6) is -2.13. The van der Waals surface area contributed by atoms with Gasteiger partial charge in [-0.25, -0.2) is 0 Å². The zero-order valence-electron chi connectivity index (χ0n) is 10.4. The zero-order chi connectivity index (χ0) is 15.3. The summed E-state index contributed by atoms with van der Waals surface area (Å²) >= 11 is 0. The molecule has 1 aromatic rings. The highest BCUT2D eigenvalue weighted by molar-refractivity contribution is 5.96. The maximum atomic E-state index is 12.1. The van der Waals surface area contributed by atoms with Crippen LogP contribution < -0.4 is 10.1 Å². The Balaban J connectivity index is 3.02. The Kier molecular flexibility index (Phi) is 4.89. The Morgan fingerprint density at radius 2 is 2.10 bits per heavy atom. The molecule has 0 unspecified atom stereocenters. The number of hydrogen-bond acceptors (Lipinski definition) is 4. The molecule has 0 bridgehead atoms. The number of nitrogens with zero attached hydrogens (tertiary/aromatic N) is 1. The Labute approximate surface area is 111 Å². The van der Waals surface area contributed by atoms with Crippen LogP contribution in [0, 0.1) is 10.1 Å². The van der Waals surface area contributed by atoms with Crippen LogP contribution in [0.1, 0.15) is 13.3 Å². The van der Waals surface area contributed by atoms with Gasteiger partial charge in [-0.15, -0.1) is 0 Å². The van der Waals surface area contributed by atoms with E-state index in [0.29, 0.717) is 13.0 Å². The van der Waals surface area contributed by atoms with Crippen LogP contribution in [0.25, 0.3) is 0 Å². The van der Waals surface area contributed by atoms with Crippen LogP contribution in [-0.4, -0.2) is 23.6 Å². The van der Waals surface area contributed by atoms with Crippen molar-refractivity contribution in [1.82, 2.24) is 0 Å². The van der Waals surface area contributed by atoms with Gasteiger partial charge < -0.3 is 10.1 Å². The van der Waals surface area contributed by atoms with Gasteiger partial charge in [-0.3, -0.25) is 14.9 Å². The van der Waals surface area contributed by atoms with Gasteiger partial charge in [0, 0.05) is 0 Å². The quantitative estimate of drug-likeness (QED) is 0.668. The molecule has 20 heavy (non-hydrogen) atoms. The molecule has 0 aliphatic carbocycles. The third kappa shape index (κ3) is 4.11. The van der Waals surface area contributed by atoms with E-state index in [1.807, 2.05) is 6.92 Å². The first-order valence-electron chi connectivity index (χ1n) is 5.55. The molecular weight excluding hydrogens is 281 g/mol. The van der Waals surface area contributed by atoms with E-state index in [1.165, 1.54) is 11.4 Å². The lowest BCUT2D eigenvalue weighted by atomic mass is 10.2. The van der Waals surface area contributed by atoms with E-state index in [0.717, 1.165) is 12.1 Å². The minimum Gasteiger partial charge on any atom is -0.493 e. The fraction of sp³-hybridized carbons (Fsp3) is 0.364. The van der Waals surface area contributed by atoms with Gasteiger partial charge in [0.1, 0.15) is 11.4 Å². The molecule has 6 nitrogen and oxygen atoms in total. The lowest BCUT2D eigenvalue weighted by molar-refractivity contribution is -0.384. The van der Waals surface area contributed by atoms with Gasteiger partial charge in [0.25, 0.3) is 5.69 Å². The third-order valence-electron chi connectivity index (χ3n) is 2.14. The van der Waals surface area contributed by atoms with E-state index in [4.69, 9.17) is 4.74 Å². The number of amides is 1. The molecule has 0 heterocycles. The fourth-order valence-electron chi connectivity index (χ4n) is 1.27. The van der Waals surface area contributed by atoms with Gasteiger partial charge in [-0.2, -0.15) is 13.2 Å². The van der Waals surface area contributed by atoms with Crippen LogP contribution >= 0.6 is 0 Å². The molecule has 1 rings (SSSR count). The van der Waals surface area contributed by atoms with E-state index < -0.39 is 28.4 Å². The predicted molar refractivity (Wildman–Crippen MR) is 63.6 cm³/mol. The molecule has 0 saturated heterocycles.